The monoisotopic (exact) mass is 714 g/mol. The Labute approximate surface area is 302 Å². The molecule has 0 spiro atoms. The Morgan fingerprint density at radius 1 is 0.804 bits per heavy atom. The van der Waals surface area contributed by atoms with Crippen LogP contribution in [0.4, 0.5) is 15.2 Å². The number of ether oxygens (including phenoxy) is 1. The molecule has 0 aliphatic heterocycles. The van der Waals surface area contributed by atoms with Crippen molar-refractivity contribution in [2.75, 3.05) is 17.7 Å². The number of aromatic nitrogens is 1. The van der Waals surface area contributed by atoms with Gasteiger partial charge < -0.3 is 20.7 Å². The highest BCUT2D eigenvalue weighted by atomic mass is 32.2. The summed E-state index contributed by atoms with van der Waals surface area (Å²) in [6.45, 7) is 0. The lowest BCUT2D eigenvalue weighted by molar-refractivity contribution is -0.116. The summed E-state index contributed by atoms with van der Waals surface area (Å²) in [5, 5.41) is 10.3. The SMILES string of the molecule is COc1ccc(-c2csc(NC(=O)C(Sc3ccc(NC(=O)/C(=C/c4ccc(F)cc4)NC(=O)c4ccccc4)cc3)c3ccccc3)n2)cc1. The molecule has 0 bridgehead atoms. The minimum Gasteiger partial charge on any atom is -0.497 e. The molecule has 0 aliphatic carbocycles. The Balaban J connectivity index is 1.16. The van der Waals surface area contributed by atoms with Crippen LogP contribution in [0.25, 0.3) is 17.3 Å². The first kappa shape index (κ1) is 34.8. The van der Waals surface area contributed by atoms with E-state index in [1.165, 1.54) is 53.4 Å². The number of hydrogen-bond acceptors (Lipinski definition) is 7. The van der Waals surface area contributed by atoms with Crippen LogP contribution < -0.4 is 20.7 Å². The molecular formula is C40H31FN4O4S2. The highest BCUT2D eigenvalue weighted by Crippen LogP contribution is 2.37. The van der Waals surface area contributed by atoms with Gasteiger partial charge in [0.05, 0.1) is 12.8 Å². The van der Waals surface area contributed by atoms with Crippen LogP contribution in [0.1, 0.15) is 26.7 Å². The number of nitrogens with zero attached hydrogens (tertiary/aromatic N) is 1. The first-order valence-corrected chi connectivity index (χ1v) is 17.5. The first-order chi connectivity index (χ1) is 24.8. The number of methoxy groups -OCH3 is 1. The van der Waals surface area contributed by atoms with Gasteiger partial charge in [0.1, 0.15) is 22.5 Å². The Morgan fingerprint density at radius 2 is 1.47 bits per heavy atom. The first-order valence-electron chi connectivity index (χ1n) is 15.7. The van der Waals surface area contributed by atoms with Gasteiger partial charge in [-0.05, 0) is 90.0 Å². The molecule has 51 heavy (non-hydrogen) atoms. The molecule has 0 radical (unpaired) electrons. The van der Waals surface area contributed by atoms with Crippen molar-refractivity contribution in [3.05, 3.63) is 167 Å². The molecule has 1 heterocycles. The van der Waals surface area contributed by atoms with Crippen molar-refractivity contribution in [1.29, 1.82) is 0 Å². The molecule has 1 atom stereocenters. The molecule has 254 valence electrons. The number of nitrogens with one attached hydrogen (secondary N) is 3. The van der Waals surface area contributed by atoms with Crippen molar-refractivity contribution in [1.82, 2.24) is 10.3 Å². The maximum atomic E-state index is 13.7. The van der Waals surface area contributed by atoms with Gasteiger partial charge in [0, 0.05) is 27.1 Å². The molecule has 3 amide bonds. The summed E-state index contributed by atoms with van der Waals surface area (Å²) in [5.41, 5.74) is 3.82. The van der Waals surface area contributed by atoms with Crippen molar-refractivity contribution < 1.29 is 23.5 Å². The molecule has 8 nitrogen and oxygen atoms in total. The fourth-order valence-corrected chi connectivity index (χ4v) is 6.66. The summed E-state index contributed by atoms with van der Waals surface area (Å²) in [6.07, 6.45) is 1.48. The zero-order valence-corrected chi connectivity index (χ0v) is 28.8. The van der Waals surface area contributed by atoms with E-state index in [1.54, 1.807) is 61.7 Å². The zero-order chi connectivity index (χ0) is 35.6. The van der Waals surface area contributed by atoms with Crippen molar-refractivity contribution in [2.24, 2.45) is 0 Å². The number of thioether (sulfide) groups is 1. The Bertz CT molecular complexity index is 2140. The summed E-state index contributed by atoms with van der Waals surface area (Å²) >= 11 is 2.70. The van der Waals surface area contributed by atoms with Gasteiger partial charge in [0.25, 0.3) is 11.8 Å². The molecule has 0 aliphatic rings. The van der Waals surface area contributed by atoms with Crippen LogP contribution in [0, 0.1) is 5.82 Å². The van der Waals surface area contributed by atoms with Crippen molar-refractivity contribution in [2.45, 2.75) is 10.1 Å². The van der Waals surface area contributed by atoms with Crippen molar-refractivity contribution in [3.63, 3.8) is 0 Å². The summed E-state index contributed by atoms with van der Waals surface area (Å²) in [5.74, 6) is -0.937. The highest BCUT2D eigenvalue weighted by molar-refractivity contribution is 8.00. The van der Waals surface area contributed by atoms with E-state index in [1.807, 2.05) is 60.0 Å². The molecule has 0 fully saturated rings. The van der Waals surface area contributed by atoms with E-state index < -0.39 is 22.9 Å². The van der Waals surface area contributed by atoms with Crippen LogP contribution in [0.5, 0.6) is 5.75 Å². The van der Waals surface area contributed by atoms with E-state index in [2.05, 4.69) is 20.9 Å². The van der Waals surface area contributed by atoms with Gasteiger partial charge in [0.2, 0.25) is 5.91 Å². The van der Waals surface area contributed by atoms with Gasteiger partial charge in [-0.2, -0.15) is 0 Å². The largest absolute Gasteiger partial charge is 0.497 e. The number of thiazole rings is 1. The second-order valence-corrected chi connectivity index (χ2v) is 13.1. The average molecular weight is 715 g/mol. The average Bonchev–Trinajstić information content (AvgIpc) is 3.64. The maximum absolute atomic E-state index is 13.7. The predicted molar refractivity (Wildman–Crippen MR) is 201 cm³/mol. The van der Waals surface area contributed by atoms with E-state index in [4.69, 9.17) is 4.74 Å². The molecule has 11 heteroatoms. The van der Waals surface area contributed by atoms with Crippen LogP contribution in [-0.4, -0.2) is 29.8 Å². The van der Waals surface area contributed by atoms with Gasteiger partial charge in [0.15, 0.2) is 5.13 Å². The third-order valence-electron chi connectivity index (χ3n) is 7.54. The molecule has 1 aromatic heterocycles. The summed E-state index contributed by atoms with van der Waals surface area (Å²) in [7, 11) is 1.61. The fourth-order valence-electron chi connectivity index (χ4n) is 4.92. The van der Waals surface area contributed by atoms with E-state index in [9.17, 15) is 18.8 Å². The van der Waals surface area contributed by atoms with Crippen LogP contribution in [0.3, 0.4) is 0 Å². The molecule has 5 aromatic carbocycles. The molecule has 6 aromatic rings. The van der Waals surface area contributed by atoms with Crippen LogP contribution in [0.15, 0.2) is 149 Å². The van der Waals surface area contributed by atoms with Gasteiger partial charge >= 0.3 is 0 Å². The molecule has 1 unspecified atom stereocenters. The molecule has 0 saturated carbocycles. The number of anilines is 2. The maximum Gasteiger partial charge on any atom is 0.272 e. The quantitative estimate of drug-likeness (QED) is 0.0864. The van der Waals surface area contributed by atoms with Crippen LogP contribution >= 0.6 is 23.1 Å². The number of carbonyl (C=O) groups is 3. The number of halogens is 1. The summed E-state index contributed by atoms with van der Waals surface area (Å²) in [6, 6.07) is 38.1. The second-order valence-electron chi connectivity index (χ2n) is 11.1. The second kappa shape index (κ2) is 16.6. The zero-order valence-electron chi connectivity index (χ0n) is 27.2. The van der Waals surface area contributed by atoms with Gasteiger partial charge in [-0.25, -0.2) is 9.37 Å². The van der Waals surface area contributed by atoms with Gasteiger partial charge in [-0.1, -0.05) is 60.7 Å². The smallest absolute Gasteiger partial charge is 0.272 e. The topological polar surface area (TPSA) is 109 Å². The number of benzene rings is 5. The Morgan fingerprint density at radius 3 is 2.14 bits per heavy atom. The van der Waals surface area contributed by atoms with Crippen LogP contribution in [-0.2, 0) is 9.59 Å². The molecule has 3 N–H and O–H groups in total. The van der Waals surface area contributed by atoms with E-state index in [0.717, 1.165) is 27.5 Å². The Kier molecular flexibility index (Phi) is 11.3. The lowest BCUT2D eigenvalue weighted by Crippen LogP contribution is -2.30. The highest BCUT2D eigenvalue weighted by Gasteiger charge is 2.24. The minimum atomic E-state index is -0.599. The minimum absolute atomic E-state index is 0.0212. The van der Waals surface area contributed by atoms with Gasteiger partial charge in [-0.3, -0.25) is 14.4 Å². The van der Waals surface area contributed by atoms with Crippen molar-refractivity contribution in [3.8, 4) is 17.0 Å². The van der Waals surface area contributed by atoms with E-state index in [0.29, 0.717) is 21.9 Å². The summed E-state index contributed by atoms with van der Waals surface area (Å²) in [4.78, 5) is 45.5. The number of carbonyl (C=O) groups excluding carboxylic acids is 3. The molecular weight excluding hydrogens is 684 g/mol. The van der Waals surface area contributed by atoms with E-state index >= 15 is 0 Å². The van der Waals surface area contributed by atoms with Crippen molar-refractivity contribution >= 4 is 57.7 Å². The lowest BCUT2D eigenvalue weighted by atomic mass is 10.1. The standard InChI is InChI=1S/C40H31FN4O4S2/c1-49-32-20-14-27(15-21-32)35-25-50-40(44-35)45-39(48)36(28-8-4-2-5-9-28)51-33-22-18-31(19-23-33)42-38(47)34(24-26-12-16-30(41)17-13-26)43-37(46)29-10-6-3-7-11-29/h2-25,36H,1H3,(H,42,47)(H,43,46)(H,44,45,48)/b34-24-. The summed E-state index contributed by atoms with van der Waals surface area (Å²) < 4.78 is 18.8. The predicted octanol–water partition coefficient (Wildman–Crippen LogP) is 8.84. The third-order valence-corrected chi connectivity index (χ3v) is 9.56. The third kappa shape index (κ3) is 9.35. The number of amides is 3. The molecule has 0 saturated heterocycles. The van der Waals surface area contributed by atoms with Gasteiger partial charge in [-0.15, -0.1) is 23.1 Å². The lowest BCUT2D eigenvalue weighted by Gasteiger charge is -2.17. The Hall–Kier alpha value is -6.04. The fraction of sp³-hybridized carbons (Fsp3) is 0.0500. The normalized spacial score (nSPS) is 11.7. The number of hydrogen-bond donors (Lipinski definition) is 3. The molecule has 6 rings (SSSR count). The van der Waals surface area contributed by atoms with Crippen LogP contribution in [0.2, 0.25) is 0 Å². The number of rotatable bonds is 12. The van der Waals surface area contributed by atoms with E-state index in [-0.39, 0.29) is 11.6 Å².